The molecule has 0 atom stereocenters. The molecule has 2 aromatic heterocycles. The van der Waals surface area contributed by atoms with Gasteiger partial charge in [0.2, 0.25) is 5.95 Å². The van der Waals surface area contributed by atoms with E-state index in [0.717, 1.165) is 48.9 Å². The molecule has 6 heteroatoms. The van der Waals surface area contributed by atoms with Crippen molar-refractivity contribution in [2.75, 3.05) is 37.6 Å². The van der Waals surface area contributed by atoms with Crippen LogP contribution in [0, 0.1) is 0 Å². The van der Waals surface area contributed by atoms with Gasteiger partial charge < -0.3 is 9.80 Å². The van der Waals surface area contributed by atoms with Crippen molar-refractivity contribution in [1.82, 2.24) is 14.9 Å². The van der Waals surface area contributed by atoms with Crippen molar-refractivity contribution in [2.24, 2.45) is 0 Å². The van der Waals surface area contributed by atoms with Crippen LogP contribution in [0.3, 0.4) is 0 Å². The Morgan fingerprint density at radius 1 is 1.28 bits per heavy atom. The first kappa shape index (κ1) is 12.1. The van der Waals surface area contributed by atoms with Crippen molar-refractivity contribution in [2.45, 2.75) is 6.92 Å². The van der Waals surface area contributed by atoms with Crippen molar-refractivity contribution in [3.63, 3.8) is 0 Å². The van der Waals surface area contributed by atoms with E-state index in [1.165, 1.54) is 0 Å². The molecule has 3 rings (SSSR count). The molecule has 0 N–H and O–H groups in total. The van der Waals surface area contributed by atoms with Gasteiger partial charge in [-0.05, 0) is 18.0 Å². The number of rotatable bonds is 2. The van der Waals surface area contributed by atoms with E-state index in [-0.39, 0.29) is 0 Å². The highest BCUT2D eigenvalue weighted by Crippen LogP contribution is 2.27. The number of aromatic nitrogens is 2. The Morgan fingerprint density at radius 2 is 2.06 bits per heavy atom. The number of halogens is 1. The molecule has 3 heterocycles. The molecular formula is C12H15ClN4S. The molecule has 0 bridgehead atoms. The highest BCUT2D eigenvalue weighted by molar-refractivity contribution is 7.16. The topological polar surface area (TPSA) is 32.3 Å². The summed E-state index contributed by atoms with van der Waals surface area (Å²) in [4.78, 5) is 14.6. The van der Waals surface area contributed by atoms with E-state index in [1.54, 1.807) is 11.3 Å². The second-order valence-electron chi connectivity index (χ2n) is 4.38. The fraction of sp³-hybridized carbons (Fsp3) is 0.500. The third-order valence-corrected chi connectivity index (χ3v) is 4.46. The standard InChI is InChI=1S/C12H15ClN4S/c1-2-16-4-6-17(7-5-16)12-14-10(13)9-3-8-18-11(9)15-12/h3,8H,2,4-7H2,1H3. The summed E-state index contributed by atoms with van der Waals surface area (Å²) in [5, 5.41) is 3.52. The molecule has 1 fully saturated rings. The average Bonchev–Trinajstić information content (AvgIpc) is 2.88. The van der Waals surface area contributed by atoms with Gasteiger partial charge in [0.1, 0.15) is 9.98 Å². The molecule has 4 nitrogen and oxygen atoms in total. The number of piperazine rings is 1. The van der Waals surface area contributed by atoms with E-state index >= 15 is 0 Å². The van der Waals surface area contributed by atoms with Crippen molar-refractivity contribution >= 4 is 39.1 Å². The zero-order chi connectivity index (χ0) is 12.5. The van der Waals surface area contributed by atoms with Gasteiger partial charge in [0, 0.05) is 31.6 Å². The zero-order valence-electron chi connectivity index (χ0n) is 10.3. The summed E-state index contributed by atoms with van der Waals surface area (Å²) in [6, 6.07) is 1.97. The Hall–Kier alpha value is -0.910. The van der Waals surface area contributed by atoms with Gasteiger partial charge >= 0.3 is 0 Å². The molecule has 1 aliphatic heterocycles. The van der Waals surface area contributed by atoms with Crippen LogP contribution in [0.2, 0.25) is 5.15 Å². The van der Waals surface area contributed by atoms with Crippen molar-refractivity contribution in [1.29, 1.82) is 0 Å². The van der Waals surface area contributed by atoms with Crippen LogP contribution in [0.5, 0.6) is 0 Å². The number of likely N-dealkylation sites (N-methyl/N-ethyl adjacent to an activating group) is 1. The van der Waals surface area contributed by atoms with Crippen LogP contribution in [-0.2, 0) is 0 Å². The lowest BCUT2D eigenvalue weighted by Crippen LogP contribution is -2.46. The SMILES string of the molecule is CCN1CCN(c2nc(Cl)c3ccsc3n2)CC1. The minimum atomic E-state index is 0.564. The Labute approximate surface area is 115 Å². The monoisotopic (exact) mass is 282 g/mol. The normalized spacial score (nSPS) is 17.6. The average molecular weight is 283 g/mol. The summed E-state index contributed by atoms with van der Waals surface area (Å²) in [5.74, 6) is 0.769. The summed E-state index contributed by atoms with van der Waals surface area (Å²) >= 11 is 7.81. The Kier molecular flexibility index (Phi) is 3.37. The van der Waals surface area contributed by atoms with Gasteiger partial charge in [0.15, 0.2) is 0 Å². The summed E-state index contributed by atoms with van der Waals surface area (Å²) in [5.41, 5.74) is 0. The van der Waals surface area contributed by atoms with Gasteiger partial charge in [0.05, 0.1) is 0 Å². The first-order valence-corrected chi connectivity index (χ1v) is 7.41. The molecule has 1 aliphatic rings. The van der Waals surface area contributed by atoms with E-state index in [2.05, 4.69) is 26.7 Å². The van der Waals surface area contributed by atoms with Crippen LogP contribution in [0.15, 0.2) is 11.4 Å². The van der Waals surface area contributed by atoms with Crippen LogP contribution in [0.4, 0.5) is 5.95 Å². The Bertz CT molecular complexity index is 548. The maximum Gasteiger partial charge on any atom is 0.228 e. The minimum Gasteiger partial charge on any atom is -0.338 e. The molecule has 0 unspecified atom stereocenters. The van der Waals surface area contributed by atoms with E-state index in [0.29, 0.717) is 5.15 Å². The minimum absolute atomic E-state index is 0.564. The van der Waals surface area contributed by atoms with E-state index in [4.69, 9.17) is 11.6 Å². The molecule has 0 spiro atoms. The lowest BCUT2D eigenvalue weighted by Gasteiger charge is -2.34. The first-order valence-electron chi connectivity index (χ1n) is 6.16. The molecule has 0 saturated carbocycles. The third kappa shape index (κ3) is 2.18. The lowest BCUT2D eigenvalue weighted by atomic mass is 10.3. The van der Waals surface area contributed by atoms with Gasteiger partial charge in [-0.2, -0.15) is 0 Å². The smallest absolute Gasteiger partial charge is 0.228 e. The third-order valence-electron chi connectivity index (χ3n) is 3.37. The first-order chi connectivity index (χ1) is 8.78. The van der Waals surface area contributed by atoms with Gasteiger partial charge in [0.25, 0.3) is 0 Å². The molecule has 0 aliphatic carbocycles. The van der Waals surface area contributed by atoms with E-state index in [9.17, 15) is 0 Å². The number of hydrogen-bond donors (Lipinski definition) is 0. The number of anilines is 1. The van der Waals surface area contributed by atoms with Crippen LogP contribution < -0.4 is 4.90 Å². The molecule has 1 saturated heterocycles. The maximum absolute atomic E-state index is 6.20. The molecule has 0 aromatic carbocycles. The number of nitrogens with zero attached hydrogens (tertiary/aromatic N) is 4. The molecule has 96 valence electrons. The molecule has 18 heavy (non-hydrogen) atoms. The zero-order valence-corrected chi connectivity index (χ0v) is 11.8. The highest BCUT2D eigenvalue weighted by Gasteiger charge is 2.19. The number of hydrogen-bond acceptors (Lipinski definition) is 5. The fourth-order valence-electron chi connectivity index (χ4n) is 2.21. The van der Waals surface area contributed by atoms with Crippen LogP contribution in [0.25, 0.3) is 10.2 Å². The summed E-state index contributed by atoms with van der Waals surface area (Å²) in [6.45, 7) is 7.39. The highest BCUT2D eigenvalue weighted by atomic mass is 35.5. The van der Waals surface area contributed by atoms with Crippen LogP contribution >= 0.6 is 22.9 Å². The summed E-state index contributed by atoms with van der Waals surface area (Å²) < 4.78 is 0. The quantitative estimate of drug-likeness (QED) is 0.792. The fourth-order valence-corrected chi connectivity index (χ4v) is 3.26. The maximum atomic E-state index is 6.20. The summed E-state index contributed by atoms with van der Waals surface area (Å²) in [6.07, 6.45) is 0. The van der Waals surface area contributed by atoms with Gasteiger partial charge in [-0.3, -0.25) is 0 Å². The second kappa shape index (κ2) is 4.99. The summed E-state index contributed by atoms with van der Waals surface area (Å²) in [7, 11) is 0. The van der Waals surface area contributed by atoms with Crippen LogP contribution in [-0.4, -0.2) is 47.6 Å². The van der Waals surface area contributed by atoms with Crippen molar-refractivity contribution in [3.05, 3.63) is 16.6 Å². The molecule has 0 amide bonds. The molecular weight excluding hydrogens is 268 g/mol. The predicted molar refractivity (Wildman–Crippen MR) is 76.8 cm³/mol. The van der Waals surface area contributed by atoms with Gasteiger partial charge in [-0.15, -0.1) is 11.3 Å². The predicted octanol–water partition coefficient (Wildman–Crippen LogP) is 2.49. The van der Waals surface area contributed by atoms with Crippen LogP contribution in [0.1, 0.15) is 6.92 Å². The molecule has 0 radical (unpaired) electrons. The molecule has 2 aromatic rings. The van der Waals surface area contributed by atoms with Crippen molar-refractivity contribution in [3.8, 4) is 0 Å². The number of thiophene rings is 1. The van der Waals surface area contributed by atoms with E-state index in [1.807, 2.05) is 11.4 Å². The van der Waals surface area contributed by atoms with Gasteiger partial charge in [-0.1, -0.05) is 18.5 Å². The Balaban J connectivity index is 1.86. The van der Waals surface area contributed by atoms with Crippen molar-refractivity contribution < 1.29 is 0 Å². The van der Waals surface area contributed by atoms with Gasteiger partial charge in [-0.25, -0.2) is 9.97 Å². The lowest BCUT2D eigenvalue weighted by molar-refractivity contribution is 0.270. The number of fused-ring (bicyclic) bond motifs is 1. The Morgan fingerprint density at radius 3 is 2.78 bits per heavy atom. The second-order valence-corrected chi connectivity index (χ2v) is 5.63. The van der Waals surface area contributed by atoms with E-state index < -0.39 is 0 Å². The largest absolute Gasteiger partial charge is 0.338 e.